The lowest BCUT2D eigenvalue weighted by molar-refractivity contribution is 0.524. The minimum atomic E-state index is 0.561. The van der Waals surface area contributed by atoms with Crippen molar-refractivity contribution in [3.05, 3.63) is 47.9 Å². The van der Waals surface area contributed by atoms with Crippen molar-refractivity contribution in [2.24, 2.45) is 0 Å². The number of anilines is 1. The highest BCUT2D eigenvalue weighted by Crippen LogP contribution is 2.31. The molecule has 0 spiro atoms. The highest BCUT2D eigenvalue weighted by Gasteiger charge is 2.19. The molecule has 1 aromatic heterocycles. The van der Waals surface area contributed by atoms with Gasteiger partial charge in [0.2, 0.25) is 0 Å². The summed E-state index contributed by atoms with van der Waals surface area (Å²) in [5.41, 5.74) is 8.47. The van der Waals surface area contributed by atoms with Gasteiger partial charge in [0.25, 0.3) is 0 Å². The van der Waals surface area contributed by atoms with Crippen molar-refractivity contribution in [2.75, 3.05) is 5.73 Å². The summed E-state index contributed by atoms with van der Waals surface area (Å²) in [4.78, 5) is 4.47. The number of benzene rings is 1. The molecule has 1 aliphatic carbocycles. The molecule has 0 radical (unpaired) electrons. The minimum Gasteiger partial charge on any atom is -0.383 e. The highest BCUT2D eigenvalue weighted by molar-refractivity contribution is 5.36. The molecular weight excluding hydrogens is 248 g/mol. The van der Waals surface area contributed by atoms with Crippen molar-refractivity contribution in [1.29, 1.82) is 0 Å². The summed E-state index contributed by atoms with van der Waals surface area (Å²) in [7, 11) is 0. The van der Waals surface area contributed by atoms with E-state index in [9.17, 15) is 0 Å². The van der Waals surface area contributed by atoms with Crippen molar-refractivity contribution in [2.45, 2.75) is 44.8 Å². The van der Waals surface area contributed by atoms with Gasteiger partial charge in [-0.2, -0.15) is 0 Å². The van der Waals surface area contributed by atoms with Crippen LogP contribution in [0.25, 0.3) is 0 Å². The second-order valence-electron chi connectivity index (χ2n) is 5.51. The summed E-state index contributed by atoms with van der Waals surface area (Å²) in [6.45, 7) is 1.57. The maximum absolute atomic E-state index is 6.22. The quantitative estimate of drug-likeness (QED) is 0.878. The normalized spacial score (nSPS) is 15.8. The topological polar surface area (TPSA) is 55.9 Å². The third-order valence-corrected chi connectivity index (χ3v) is 4.09. The number of hydrogen-bond donors (Lipinski definition) is 2. The molecule has 1 aliphatic rings. The molecule has 0 bridgehead atoms. The first-order valence-electron chi connectivity index (χ1n) is 7.40. The predicted molar refractivity (Wildman–Crippen MR) is 81.1 cm³/mol. The molecule has 20 heavy (non-hydrogen) atoms. The third-order valence-electron chi connectivity index (χ3n) is 4.09. The van der Waals surface area contributed by atoms with Gasteiger partial charge in [0.15, 0.2) is 0 Å². The number of nitrogen functional groups attached to an aromatic ring is 1. The van der Waals surface area contributed by atoms with Gasteiger partial charge >= 0.3 is 0 Å². The maximum Gasteiger partial charge on any atom is 0.128 e. The lowest BCUT2D eigenvalue weighted by atomic mass is 10.2. The fraction of sp³-hybridized carbons (Fsp3) is 0.438. The van der Waals surface area contributed by atoms with Gasteiger partial charge in [-0.05, 0) is 18.4 Å². The third kappa shape index (κ3) is 2.85. The Morgan fingerprint density at radius 1 is 1.15 bits per heavy atom. The molecule has 0 aliphatic heterocycles. The second kappa shape index (κ2) is 6.09. The van der Waals surface area contributed by atoms with E-state index in [2.05, 4.69) is 39.1 Å². The van der Waals surface area contributed by atoms with Crippen LogP contribution in [0.1, 0.15) is 43.0 Å². The van der Waals surface area contributed by atoms with Crippen molar-refractivity contribution < 1.29 is 0 Å². The van der Waals surface area contributed by atoms with Gasteiger partial charge in [0.1, 0.15) is 5.82 Å². The highest BCUT2D eigenvalue weighted by atomic mass is 15.1. The van der Waals surface area contributed by atoms with E-state index in [0.29, 0.717) is 6.04 Å². The summed E-state index contributed by atoms with van der Waals surface area (Å²) in [6, 6.07) is 10.9. The van der Waals surface area contributed by atoms with Crippen molar-refractivity contribution in [3.63, 3.8) is 0 Å². The first kappa shape index (κ1) is 13.2. The lowest BCUT2D eigenvalue weighted by Gasteiger charge is -2.13. The standard InChI is InChI=1S/C16H22N4/c17-16-15(11-18-10-13-6-2-1-3-7-13)19-12-20(16)14-8-4-5-9-14/h1-3,6-7,12,14,18H,4-5,8-11,17H2. The van der Waals surface area contributed by atoms with Gasteiger partial charge in [-0.25, -0.2) is 4.98 Å². The van der Waals surface area contributed by atoms with E-state index in [1.54, 1.807) is 0 Å². The molecule has 0 atom stereocenters. The van der Waals surface area contributed by atoms with Gasteiger partial charge in [-0.1, -0.05) is 43.2 Å². The van der Waals surface area contributed by atoms with Gasteiger partial charge < -0.3 is 15.6 Å². The van der Waals surface area contributed by atoms with E-state index in [1.807, 2.05) is 12.4 Å². The molecule has 1 saturated carbocycles. The zero-order chi connectivity index (χ0) is 13.8. The summed E-state index contributed by atoms with van der Waals surface area (Å²) < 4.78 is 2.16. The number of nitrogens with zero attached hydrogens (tertiary/aromatic N) is 2. The van der Waals surface area contributed by atoms with Crippen LogP contribution in [0.15, 0.2) is 36.7 Å². The Bertz CT molecular complexity index is 541. The molecule has 1 fully saturated rings. The SMILES string of the molecule is Nc1c(CNCc2ccccc2)ncn1C1CCCC1. The van der Waals surface area contributed by atoms with E-state index in [0.717, 1.165) is 24.6 Å². The second-order valence-corrected chi connectivity index (χ2v) is 5.51. The van der Waals surface area contributed by atoms with Crippen molar-refractivity contribution >= 4 is 5.82 Å². The van der Waals surface area contributed by atoms with E-state index in [1.165, 1.54) is 31.2 Å². The number of imidazole rings is 1. The van der Waals surface area contributed by atoms with Gasteiger partial charge in [0.05, 0.1) is 12.0 Å². The molecule has 106 valence electrons. The Hall–Kier alpha value is -1.81. The summed E-state index contributed by atoms with van der Waals surface area (Å²) in [5, 5.41) is 3.41. The maximum atomic E-state index is 6.22. The van der Waals surface area contributed by atoms with E-state index in [-0.39, 0.29) is 0 Å². The first-order valence-corrected chi connectivity index (χ1v) is 7.40. The Morgan fingerprint density at radius 2 is 1.90 bits per heavy atom. The molecule has 0 amide bonds. The van der Waals surface area contributed by atoms with Crippen LogP contribution in [-0.2, 0) is 13.1 Å². The number of nitrogens with two attached hydrogens (primary N) is 1. The molecular formula is C16H22N4. The summed E-state index contributed by atoms with van der Waals surface area (Å²) >= 11 is 0. The monoisotopic (exact) mass is 270 g/mol. The van der Waals surface area contributed by atoms with Crippen LogP contribution in [0.4, 0.5) is 5.82 Å². The summed E-state index contributed by atoms with van der Waals surface area (Å²) in [6.07, 6.45) is 6.99. The van der Waals surface area contributed by atoms with E-state index >= 15 is 0 Å². The van der Waals surface area contributed by atoms with Gasteiger partial charge in [-0.3, -0.25) is 0 Å². The first-order chi connectivity index (χ1) is 9.84. The minimum absolute atomic E-state index is 0.561. The molecule has 4 heteroatoms. The molecule has 0 saturated heterocycles. The molecule has 3 N–H and O–H groups in total. The van der Waals surface area contributed by atoms with Crippen molar-refractivity contribution in [1.82, 2.24) is 14.9 Å². The fourth-order valence-corrected chi connectivity index (χ4v) is 2.94. The largest absolute Gasteiger partial charge is 0.383 e. The van der Waals surface area contributed by atoms with E-state index in [4.69, 9.17) is 5.73 Å². The molecule has 4 nitrogen and oxygen atoms in total. The van der Waals surface area contributed by atoms with E-state index < -0.39 is 0 Å². The molecule has 0 unspecified atom stereocenters. The molecule has 3 rings (SSSR count). The Morgan fingerprint density at radius 3 is 2.65 bits per heavy atom. The van der Waals surface area contributed by atoms with Crippen molar-refractivity contribution in [3.8, 4) is 0 Å². The number of nitrogens with one attached hydrogen (secondary N) is 1. The van der Waals surface area contributed by atoms with Crippen LogP contribution < -0.4 is 11.1 Å². The van der Waals surface area contributed by atoms with Crippen LogP contribution in [-0.4, -0.2) is 9.55 Å². The average molecular weight is 270 g/mol. The Labute approximate surface area is 120 Å². The number of aromatic nitrogens is 2. The molecule has 1 heterocycles. The predicted octanol–water partition coefficient (Wildman–Crippen LogP) is 2.87. The molecule has 2 aromatic rings. The van der Waals surface area contributed by atoms with Crippen LogP contribution in [0.3, 0.4) is 0 Å². The summed E-state index contributed by atoms with van der Waals surface area (Å²) in [5.74, 6) is 0.831. The fourth-order valence-electron chi connectivity index (χ4n) is 2.94. The van der Waals surface area contributed by atoms with Crippen LogP contribution in [0.2, 0.25) is 0 Å². The molecule has 1 aromatic carbocycles. The Balaban J connectivity index is 1.58. The Kier molecular flexibility index (Phi) is 4.02. The van der Waals surface area contributed by atoms with Gasteiger partial charge in [-0.15, -0.1) is 0 Å². The lowest BCUT2D eigenvalue weighted by Crippen LogP contribution is -2.15. The smallest absolute Gasteiger partial charge is 0.128 e. The zero-order valence-corrected chi connectivity index (χ0v) is 11.8. The van der Waals surface area contributed by atoms with Crippen LogP contribution in [0, 0.1) is 0 Å². The van der Waals surface area contributed by atoms with Crippen LogP contribution in [0.5, 0.6) is 0 Å². The number of rotatable bonds is 5. The van der Waals surface area contributed by atoms with Gasteiger partial charge in [0, 0.05) is 19.1 Å². The zero-order valence-electron chi connectivity index (χ0n) is 11.8. The average Bonchev–Trinajstić information content (AvgIpc) is 3.11. The van der Waals surface area contributed by atoms with Crippen LogP contribution >= 0.6 is 0 Å². The number of hydrogen-bond acceptors (Lipinski definition) is 3.